The molecule has 2 N–H and O–H groups in total. The Bertz CT molecular complexity index is 684. The number of anilines is 1. The highest BCUT2D eigenvalue weighted by atomic mass is 79.9. The second-order valence-electron chi connectivity index (χ2n) is 4.17. The molecule has 0 saturated heterocycles. The first-order valence-corrected chi connectivity index (χ1v) is 8.39. The van der Waals surface area contributed by atoms with Crippen LogP contribution < -0.4 is 10.5 Å². The number of hydrogen-bond donors (Lipinski definition) is 1. The number of nitrogen functional groups attached to an aromatic ring is 1. The van der Waals surface area contributed by atoms with Gasteiger partial charge in [-0.15, -0.1) is 0 Å². The van der Waals surface area contributed by atoms with Crippen LogP contribution in [0.4, 0.5) is 5.69 Å². The normalized spacial score (nSPS) is 11.2. The Morgan fingerprint density at radius 3 is 2.35 bits per heavy atom. The number of nitrogens with two attached hydrogens (primary N) is 1. The minimum atomic E-state index is -3.37. The third-order valence-corrected chi connectivity index (χ3v) is 5.36. The highest BCUT2D eigenvalue weighted by Crippen LogP contribution is 2.22. The number of rotatable bonds is 5. The van der Waals surface area contributed by atoms with Gasteiger partial charge in [-0.1, -0.05) is 12.1 Å². The Morgan fingerprint density at radius 2 is 1.70 bits per heavy atom. The van der Waals surface area contributed by atoms with Gasteiger partial charge in [0.1, 0.15) is 12.4 Å². The first-order chi connectivity index (χ1) is 9.49. The number of sulfone groups is 1. The van der Waals surface area contributed by atoms with Crippen LogP contribution in [0.25, 0.3) is 0 Å². The maximum absolute atomic E-state index is 12.2. The van der Waals surface area contributed by atoms with Crippen LogP contribution in [0.5, 0.6) is 5.75 Å². The van der Waals surface area contributed by atoms with Crippen molar-refractivity contribution in [3.63, 3.8) is 0 Å². The van der Waals surface area contributed by atoms with Gasteiger partial charge in [0, 0.05) is 10.2 Å². The molecule has 0 aliphatic rings. The summed E-state index contributed by atoms with van der Waals surface area (Å²) >= 11 is 3.24. The molecule has 0 atom stereocenters. The minimum absolute atomic E-state index is 0.0833. The number of hydrogen-bond acceptors (Lipinski definition) is 4. The summed E-state index contributed by atoms with van der Waals surface area (Å²) in [5.74, 6) is 0.515. The van der Waals surface area contributed by atoms with Crippen LogP contribution in [-0.2, 0) is 9.84 Å². The summed E-state index contributed by atoms with van der Waals surface area (Å²) in [5.41, 5.74) is 6.20. The molecule has 20 heavy (non-hydrogen) atoms. The molecule has 0 radical (unpaired) electrons. The highest BCUT2D eigenvalue weighted by molar-refractivity contribution is 9.10. The summed E-state index contributed by atoms with van der Waals surface area (Å²) < 4.78 is 30.3. The predicted molar refractivity (Wildman–Crippen MR) is 82.5 cm³/mol. The molecule has 2 rings (SSSR count). The lowest BCUT2D eigenvalue weighted by atomic mass is 10.3. The number of halogens is 1. The molecule has 0 heterocycles. The molecule has 0 bridgehead atoms. The van der Waals surface area contributed by atoms with E-state index in [1.807, 2.05) is 0 Å². The molecule has 0 amide bonds. The monoisotopic (exact) mass is 355 g/mol. The fraction of sp³-hybridized carbons (Fsp3) is 0.143. The molecule has 0 aliphatic heterocycles. The summed E-state index contributed by atoms with van der Waals surface area (Å²) in [7, 11) is -3.37. The zero-order chi connectivity index (χ0) is 14.6. The van der Waals surface area contributed by atoms with Crippen molar-refractivity contribution in [1.82, 2.24) is 0 Å². The van der Waals surface area contributed by atoms with E-state index in [9.17, 15) is 8.42 Å². The van der Waals surface area contributed by atoms with Crippen molar-refractivity contribution in [1.29, 1.82) is 0 Å². The van der Waals surface area contributed by atoms with Crippen molar-refractivity contribution in [2.45, 2.75) is 4.90 Å². The van der Waals surface area contributed by atoms with E-state index >= 15 is 0 Å². The zero-order valence-electron chi connectivity index (χ0n) is 10.6. The van der Waals surface area contributed by atoms with Crippen LogP contribution in [0.1, 0.15) is 0 Å². The molecular formula is C14H14BrNO3S. The van der Waals surface area contributed by atoms with Gasteiger partial charge in [-0.3, -0.25) is 0 Å². The molecule has 6 heteroatoms. The van der Waals surface area contributed by atoms with E-state index in [1.54, 1.807) is 48.5 Å². The van der Waals surface area contributed by atoms with Gasteiger partial charge in [-0.25, -0.2) is 8.42 Å². The SMILES string of the molecule is Nc1ccc(OCCS(=O)(=O)c2ccccc2Br)cc1. The Hall–Kier alpha value is -1.53. The van der Waals surface area contributed by atoms with Crippen LogP contribution in [-0.4, -0.2) is 20.8 Å². The van der Waals surface area contributed by atoms with Gasteiger partial charge in [0.05, 0.1) is 10.6 Å². The number of ether oxygens (including phenoxy) is 1. The van der Waals surface area contributed by atoms with E-state index < -0.39 is 9.84 Å². The summed E-state index contributed by atoms with van der Waals surface area (Å²) in [6.07, 6.45) is 0. The first kappa shape index (κ1) is 14.9. The molecule has 2 aromatic carbocycles. The van der Waals surface area contributed by atoms with Gasteiger partial charge in [-0.2, -0.15) is 0 Å². The van der Waals surface area contributed by atoms with E-state index in [-0.39, 0.29) is 17.3 Å². The molecule has 0 unspecified atom stereocenters. The van der Waals surface area contributed by atoms with E-state index in [1.165, 1.54) is 0 Å². The minimum Gasteiger partial charge on any atom is -0.493 e. The third kappa shape index (κ3) is 3.74. The maximum atomic E-state index is 12.2. The highest BCUT2D eigenvalue weighted by Gasteiger charge is 2.17. The molecule has 2 aromatic rings. The van der Waals surface area contributed by atoms with Gasteiger partial charge in [0.25, 0.3) is 0 Å². The van der Waals surface area contributed by atoms with Crippen LogP contribution in [0.15, 0.2) is 57.9 Å². The third-order valence-electron chi connectivity index (χ3n) is 2.67. The summed E-state index contributed by atoms with van der Waals surface area (Å²) in [5, 5.41) is 0. The molecule has 0 spiro atoms. The Labute approximate surface area is 126 Å². The average molecular weight is 356 g/mol. The summed E-state index contributed by atoms with van der Waals surface area (Å²) in [6.45, 7) is 0.0909. The smallest absolute Gasteiger partial charge is 0.182 e. The largest absolute Gasteiger partial charge is 0.493 e. The van der Waals surface area contributed by atoms with Crippen LogP contribution >= 0.6 is 15.9 Å². The second-order valence-corrected chi connectivity index (χ2v) is 7.10. The van der Waals surface area contributed by atoms with E-state index in [0.29, 0.717) is 15.9 Å². The standard InChI is InChI=1S/C14H14BrNO3S/c15-13-3-1-2-4-14(13)20(17,18)10-9-19-12-7-5-11(16)6-8-12/h1-8H,9-10,16H2. The second kappa shape index (κ2) is 6.28. The van der Waals surface area contributed by atoms with Crippen molar-refractivity contribution in [2.24, 2.45) is 0 Å². The van der Waals surface area contributed by atoms with Gasteiger partial charge < -0.3 is 10.5 Å². The van der Waals surface area contributed by atoms with Crippen molar-refractivity contribution >= 4 is 31.5 Å². The van der Waals surface area contributed by atoms with Crippen LogP contribution in [0.3, 0.4) is 0 Å². The van der Waals surface area contributed by atoms with E-state index in [2.05, 4.69) is 15.9 Å². The van der Waals surface area contributed by atoms with Gasteiger partial charge >= 0.3 is 0 Å². The molecular weight excluding hydrogens is 342 g/mol. The average Bonchev–Trinajstić information content (AvgIpc) is 2.41. The maximum Gasteiger partial charge on any atom is 0.182 e. The van der Waals surface area contributed by atoms with Crippen molar-refractivity contribution in [3.05, 3.63) is 53.0 Å². The molecule has 4 nitrogen and oxygen atoms in total. The van der Waals surface area contributed by atoms with Crippen molar-refractivity contribution < 1.29 is 13.2 Å². The molecule has 0 saturated carbocycles. The zero-order valence-corrected chi connectivity index (χ0v) is 13.0. The fourth-order valence-electron chi connectivity index (χ4n) is 1.64. The predicted octanol–water partition coefficient (Wildman–Crippen LogP) is 2.88. The Kier molecular flexibility index (Phi) is 4.67. The van der Waals surface area contributed by atoms with Gasteiger partial charge in [0.15, 0.2) is 9.84 Å². The van der Waals surface area contributed by atoms with Gasteiger partial charge in [-0.05, 0) is 52.3 Å². The van der Waals surface area contributed by atoms with Crippen LogP contribution in [0, 0.1) is 0 Å². The molecule has 0 aliphatic carbocycles. The topological polar surface area (TPSA) is 69.4 Å². The fourth-order valence-corrected chi connectivity index (χ4v) is 3.84. The number of benzene rings is 2. The summed E-state index contributed by atoms with van der Waals surface area (Å²) in [4.78, 5) is 0.279. The lowest BCUT2D eigenvalue weighted by molar-refractivity contribution is 0.341. The quantitative estimate of drug-likeness (QED) is 0.837. The van der Waals surface area contributed by atoms with Crippen molar-refractivity contribution in [3.8, 4) is 5.75 Å². The van der Waals surface area contributed by atoms with Crippen molar-refractivity contribution in [2.75, 3.05) is 18.1 Å². The lowest BCUT2D eigenvalue weighted by Gasteiger charge is -2.08. The van der Waals surface area contributed by atoms with E-state index in [0.717, 1.165) is 0 Å². The summed E-state index contributed by atoms with van der Waals surface area (Å²) in [6, 6.07) is 13.6. The Morgan fingerprint density at radius 1 is 1.05 bits per heavy atom. The van der Waals surface area contributed by atoms with E-state index in [4.69, 9.17) is 10.5 Å². The molecule has 106 valence electrons. The molecule has 0 aromatic heterocycles. The van der Waals surface area contributed by atoms with Gasteiger partial charge in [0.2, 0.25) is 0 Å². The van der Waals surface area contributed by atoms with Crippen LogP contribution in [0.2, 0.25) is 0 Å². The first-order valence-electron chi connectivity index (χ1n) is 5.95. The molecule has 0 fully saturated rings. The Balaban J connectivity index is 2.00. The lowest BCUT2D eigenvalue weighted by Crippen LogP contribution is -2.14.